The summed E-state index contributed by atoms with van der Waals surface area (Å²) in [6.07, 6.45) is 5.39. The van der Waals surface area contributed by atoms with E-state index in [1.54, 1.807) is 0 Å². The maximum atomic E-state index is 12.2. The van der Waals surface area contributed by atoms with Gasteiger partial charge in [-0.3, -0.25) is 4.79 Å². The maximum absolute atomic E-state index is 12.2. The molecule has 0 saturated heterocycles. The van der Waals surface area contributed by atoms with Gasteiger partial charge < -0.3 is 14.8 Å². The van der Waals surface area contributed by atoms with Gasteiger partial charge in [0.15, 0.2) is 0 Å². The number of rotatable bonds is 12. The summed E-state index contributed by atoms with van der Waals surface area (Å²) in [6, 6.07) is 15.8. The van der Waals surface area contributed by atoms with E-state index in [2.05, 4.69) is 31.3 Å². The molecule has 1 amide bonds. The minimum Gasteiger partial charge on any atom is -0.494 e. The molecule has 0 aliphatic heterocycles. The van der Waals surface area contributed by atoms with Crippen LogP contribution >= 0.6 is 0 Å². The van der Waals surface area contributed by atoms with Gasteiger partial charge in [-0.25, -0.2) is 0 Å². The fraction of sp³-hybridized carbons (Fsp3) is 0.435. The van der Waals surface area contributed by atoms with Gasteiger partial charge in [0.1, 0.15) is 11.5 Å². The minimum atomic E-state index is -0.0246. The first-order valence-electron chi connectivity index (χ1n) is 9.96. The van der Waals surface area contributed by atoms with E-state index in [4.69, 9.17) is 9.47 Å². The van der Waals surface area contributed by atoms with Crippen molar-refractivity contribution in [2.75, 3.05) is 18.5 Å². The van der Waals surface area contributed by atoms with Crippen LogP contribution in [0.1, 0.15) is 51.5 Å². The Morgan fingerprint density at radius 2 is 1.63 bits per heavy atom. The van der Waals surface area contributed by atoms with Crippen LogP contribution < -0.4 is 14.8 Å². The second-order valence-electron chi connectivity index (χ2n) is 6.59. The standard InChI is InChI=1S/C23H31NO3/c1-3-5-17-27-22-11-7-6-10-21(22)24-23(25)12-8-18-26-20-15-13-19(9-4-2)14-16-20/h6-7,10-11,13-16H,3-5,8-9,12,17-18H2,1-2H3,(H,24,25). The summed E-state index contributed by atoms with van der Waals surface area (Å²) in [5.74, 6) is 1.55. The quantitative estimate of drug-likeness (QED) is 0.494. The average Bonchev–Trinajstić information content (AvgIpc) is 2.68. The number of carbonyl (C=O) groups excluding carboxylic acids is 1. The lowest BCUT2D eigenvalue weighted by Gasteiger charge is -2.12. The van der Waals surface area contributed by atoms with Gasteiger partial charge in [-0.2, -0.15) is 0 Å². The zero-order valence-corrected chi connectivity index (χ0v) is 16.5. The van der Waals surface area contributed by atoms with Crippen LogP contribution in [0.4, 0.5) is 5.69 Å². The summed E-state index contributed by atoms with van der Waals surface area (Å²) < 4.78 is 11.5. The fourth-order valence-corrected chi connectivity index (χ4v) is 2.70. The first-order chi connectivity index (χ1) is 13.2. The van der Waals surface area contributed by atoms with E-state index in [1.165, 1.54) is 5.56 Å². The summed E-state index contributed by atoms with van der Waals surface area (Å²) in [5.41, 5.74) is 2.05. The fourth-order valence-electron chi connectivity index (χ4n) is 2.70. The zero-order valence-electron chi connectivity index (χ0n) is 16.5. The number of anilines is 1. The molecule has 4 heteroatoms. The van der Waals surface area contributed by atoms with Crippen molar-refractivity contribution in [2.24, 2.45) is 0 Å². The van der Waals surface area contributed by atoms with Gasteiger partial charge in [-0.05, 0) is 49.1 Å². The van der Waals surface area contributed by atoms with Crippen LogP contribution in [0.2, 0.25) is 0 Å². The van der Waals surface area contributed by atoms with E-state index in [0.717, 1.165) is 42.9 Å². The first kappa shape index (κ1) is 20.8. The number of hydrogen-bond acceptors (Lipinski definition) is 3. The predicted molar refractivity (Wildman–Crippen MR) is 111 cm³/mol. The number of nitrogens with one attached hydrogen (secondary N) is 1. The Hall–Kier alpha value is -2.49. The Kier molecular flexibility index (Phi) is 9.25. The highest BCUT2D eigenvalue weighted by Gasteiger charge is 2.07. The molecule has 0 aliphatic carbocycles. The smallest absolute Gasteiger partial charge is 0.224 e. The lowest BCUT2D eigenvalue weighted by Crippen LogP contribution is -2.14. The monoisotopic (exact) mass is 369 g/mol. The van der Waals surface area contributed by atoms with Crippen molar-refractivity contribution >= 4 is 11.6 Å². The molecule has 0 atom stereocenters. The van der Waals surface area contributed by atoms with E-state index in [9.17, 15) is 4.79 Å². The molecule has 2 aromatic carbocycles. The Morgan fingerprint density at radius 3 is 2.37 bits per heavy atom. The summed E-state index contributed by atoms with van der Waals surface area (Å²) in [7, 11) is 0. The first-order valence-corrected chi connectivity index (χ1v) is 9.96. The number of carbonyl (C=O) groups is 1. The van der Waals surface area contributed by atoms with Crippen molar-refractivity contribution in [1.29, 1.82) is 0 Å². The number of hydrogen-bond donors (Lipinski definition) is 1. The van der Waals surface area contributed by atoms with Gasteiger partial charge in [0, 0.05) is 6.42 Å². The van der Waals surface area contributed by atoms with Crippen molar-refractivity contribution in [3.8, 4) is 11.5 Å². The molecule has 0 aliphatic rings. The van der Waals surface area contributed by atoms with Crippen LogP contribution in [0.15, 0.2) is 48.5 Å². The van der Waals surface area contributed by atoms with Crippen molar-refractivity contribution in [2.45, 2.75) is 52.4 Å². The highest BCUT2D eigenvalue weighted by molar-refractivity contribution is 5.92. The molecule has 0 bridgehead atoms. The molecule has 0 unspecified atom stereocenters. The second-order valence-corrected chi connectivity index (χ2v) is 6.59. The van der Waals surface area contributed by atoms with Gasteiger partial charge in [0.25, 0.3) is 0 Å². The van der Waals surface area contributed by atoms with E-state index in [-0.39, 0.29) is 5.91 Å². The predicted octanol–water partition coefficient (Wildman–Crippen LogP) is 5.62. The molecule has 0 saturated carbocycles. The molecule has 2 rings (SSSR count). The third-order valence-electron chi connectivity index (χ3n) is 4.20. The number of amides is 1. The van der Waals surface area contributed by atoms with Crippen LogP contribution in [0, 0.1) is 0 Å². The van der Waals surface area contributed by atoms with E-state index in [1.807, 2.05) is 36.4 Å². The third-order valence-corrected chi connectivity index (χ3v) is 4.20. The second kappa shape index (κ2) is 12.0. The summed E-state index contributed by atoms with van der Waals surface area (Å²) in [6.45, 7) is 5.48. The minimum absolute atomic E-state index is 0.0246. The normalized spacial score (nSPS) is 10.4. The number of aryl methyl sites for hydroxylation is 1. The van der Waals surface area contributed by atoms with Crippen LogP contribution in [-0.4, -0.2) is 19.1 Å². The average molecular weight is 370 g/mol. The molecule has 0 fully saturated rings. The molecule has 0 radical (unpaired) electrons. The molecule has 27 heavy (non-hydrogen) atoms. The van der Waals surface area contributed by atoms with Crippen molar-refractivity contribution in [3.63, 3.8) is 0 Å². The maximum Gasteiger partial charge on any atom is 0.224 e. The van der Waals surface area contributed by atoms with Gasteiger partial charge >= 0.3 is 0 Å². The van der Waals surface area contributed by atoms with Crippen molar-refractivity contribution < 1.29 is 14.3 Å². The van der Waals surface area contributed by atoms with Crippen LogP contribution in [-0.2, 0) is 11.2 Å². The van der Waals surface area contributed by atoms with Gasteiger partial charge in [-0.1, -0.05) is 51.0 Å². The van der Waals surface area contributed by atoms with Gasteiger partial charge in [0.05, 0.1) is 18.9 Å². The highest BCUT2D eigenvalue weighted by Crippen LogP contribution is 2.24. The summed E-state index contributed by atoms with van der Waals surface area (Å²) in [5, 5.41) is 2.94. The molecule has 0 aromatic heterocycles. The molecular formula is C23H31NO3. The zero-order chi connectivity index (χ0) is 19.3. The van der Waals surface area contributed by atoms with Gasteiger partial charge in [-0.15, -0.1) is 0 Å². The summed E-state index contributed by atoms with van der Waals surface area (Å²) in [4.78, 5) is 12.2. The number of para-hydroxylation sites is 2. The number of unbranched alkanes of at least 4 members (excludes halogenated alkanes) is 1. The molecule has 2 aromatic rings. The van der Waals surface area contributed by atoms with E-state index < -0.39 is 0 Å². The van der Waals surface area contributed by atoms with E-state index in [0.29, 0.717) is 26.1 Å². The molecule has 146 valence electrons. The van der Waals surface area contributed by atoms with Gasteiger partial charge in [0.2, 0.25) is 5.91 Å². The molecule has 0 heterocycles. The van der Waals surface area contributed by atoms with E-state index >= 15 is 0 Å². The Morgan fingerprint density at radius 1 is 0.889 bits per heavy atom. The molecular weight excluding hydrogens is 338 g/mol. The van der Waals surface area contributed by atoms with Crippen LogP contribution in [0.25, 0.3) is 0 Å². The third kappa shape index (κ3) is 7.73. The molecule has 0 spiro atoms. The largest absolute Gasteiger partial charge is 0.494 e. The summed E-state index contributed by atoms with van der Waals surface area (Å²) >= 11 is 0. The SMILES string of the molecule is CCCCOc1ccccc1NC(=O)CCCOc1ccc(CCC)cc1. The Labute approximate surface area is 162 Å². The molecule has 4 nitrogen and oxygen atoms in total. The molecule has 1 N–H and O–H groups in total. The van der Waals surface area contributed by atoms with Crippen molar-refractivity contribution in [3.05, 3.63) is 54.1 Å². The van der Waals surface area contributed by atoms with Crippen LogP contribution in [0.3, 0.4) is 0 Å². The lowest BCUT2D eigenvalue weighted by atomic mass is 10.1. The Balaban J connectivity index is 1.71. The van der Waals surface area contributed by atoms with Crippen LogP contribution in [0.5, 0.6) is 11.5 Å². The Bertz CT molecular complexity index is 682. The lowest BCUT2D eigenvalue weighted by molar-refractivity contribution is -0.116. The highest BCUT2D eigenvalue weighted by atomic mass is 16.5. The number of ether oxygens (including phenoxy) is 2. The number of benzene rings is 2. The topological polar surface area (TPSA) is 47.6 Å². The van der Waals surface area contributed by atoms with Crippen molar-refractivity contribution in [1.82, 2.24) is 0 Å².